The predicted molar refractivity (Wildman–Crippen MR) is 118 cm³/mol. The first-order valence-electron chi connectivity index (χ1n) is 8.48. The summed E-state index contributed by atoms with van der Waals surface area (Å²) in [6, 6.07) is 10.7. The standard InChI is InChI=1S/C17H24N8O2S2/c18-6-7-28-13-5-4-12(15(16(13)29(22)27)17(20)24-25-21)10-2-1-3-11(8-10)23-14(26)9-19/h1-5,8,25H,6-7,9,18-19,21-22H2,(H2,20,24)(H,23,26). The van der Waals surface area contributed by atoms with Crippen LogP contribution >= 0.6 is 11.8 Å². The van der Waals surface area contributed by atoms with Gasteiger partial charge in [-0.25, -0.2) is 11.4 Å². The van der Waals surface area contributed by atoms with E-state index in [1.165, 1.54) is 11.8 Å². The van der Waals surface area contributed by atoms with Crippen LogP contribution in [0.5, 0.6) is 0 Å². The van der Waals surface area contributed by atoms with Crippen molar-refractivity contribution in [2.45, 2.75) is 9.79 Å². The third-order valence-electron chi connectivity index (χ3n) is 3.78. The molecule has 1 atom stereocenters. The number of hydrogen-bond donors (Lipinski definition) is 7. The lowest BCUT2D eigenvalue weighted by Crippen LogP contribution is -2.27. The van der Waals surface area contributed by atoms with E-state index in [9.17, 15) is 9.35 Å². The molecule has 0 fully saturated rings. The van der Waals surface area contributed by atoms with Gasteiger partial charge in [0, 0.05) is 18.0 Å². The minimum atomic E-state index is -1.86. The van der Waals surface area contributed by atoms with Crippen LogP contribution in [0.15, 0.2) is 51.3 Å². The van der Waals surface area contributed by atoms with Gasteiger partial charge in [-0.05, 0) is 29.3 Å². The van der Waals surface area contributed by atoms with E-state index >= 15 is 0 Å². The van der Waals surface area contributed by atoms with Crippen molar-refractivity contribution >= 4 is 40.6 Å². The Labute approximate surface area is 175 Å². The van der Waals surface area contributed by atoms with Crippen LogP contribution in [-0.2, 0) is 16.2 Å². The highest BCUT2D eigenvalue weighted by molar-refractivity contribution is 8.00. The number of hydrazone groups is 1. The highest BCUT2D eigenvalue weighted by Gasteiger charge is 2.26. The van der Waals surface area contributed by atoms with Crippen LogP contribution in [-0.4, -0.2) is 35.1 Å². The van der Waals surface area contributed by atoms with Crippen molar-refractivity contribution in [1.29, 1.82) is 0 Å². The van der Waals surface area contributed by atoms with Gasteiger partial charge in [0.1, 0.15) is 0 Å². The molecule has 1 unspecified atom stereocenters. The molecule has 156 valence electrons. The Morgan fingerprint density at radius 3 is 2.62 bits per heavy atom. The van der Waals surface area contributed by atoms with Crippen molar-refractivity contribution < 1.29 is 9.35 Å². The number of nitrogens with zero attached hydrogens (tertiary/aromatic N) is 1. The fraction of sp³-hybridized carbons (Fsp3) is 0.176. The number of hydrogen-bond acceptors (Lipinski definition) is 9. The Morgan fingerprint density at radius 1 is 1.24 bits per heavy atom. The van der Waals surface area contributed by atoms with Gasteiger partial charge in [0.2, 0.25) is 5.91 Å². The third kappa shape index (κ3) is 5.83. The molecule has 2 aromatic rings. The second-order valence-electron chi connectivity index (χ2n) is 5.71. The molecule has 12 heteroatoms. The average Bonchev–Trinajstić information content (AvgIpc) is 2.71. The first-order chi connectivity index (χ1) is 13.9. The first-order valence-corrected chi connectivity index (χ1v) is 10.7. The monoisotopic (exact) mass is 436 g/mol. The number of rotatable bonds is 9. The molecule has 0 radical (unpaired) electrons. The Hall–Kier alpha value is -2.32. The molecule has 10 nitrogen and oxygen atoms in total. The largest absolute Gasteiger partial charge is 0.593 e. The Kier molecular flexibility index (Phi) is 8.72. The van der Waals surface area contributed by atoms with Crippen LogP contribution in [0.3, 0.4) is 0 Å². The maximum atomic E-state index is 12.4. The van der Waals surface area contributed by atoms with Crippen LogP contribution in [0.2, 0.25) is 0 Å². The SMILES string of the molecule is NCCSc1ccc(-c2cccc(NC(=O)CN)c2)c(/C(N)=N/NN)c1[S+](N)[O-]. The number of hydrazine groups is 1. The van der Waals surface area contributed by atoms with Crippen LogP contribution < -0.4 is 39.0 Å². The number of amides is 1. The summed E-state index contributed by atoms with van der Waals surface area (Å²) in [7, 11) is 0. The molecule has 12 N–H and O–H groups in total. The van der Waals surface area contributed by atoms with E-state index in [1.807, 2.05) is 12.1 Å². The van der Waals surface area contributed by atoms with E-state index in [2.05, 4.69) is 16.0 Å². The van der Waals surface area contributed by atoms with Crippen molar-refractivity contribution in [2.75, 3.05) is 24.2 Å². The van der Waals surface area contributed by atoms with Crippen LogP contribution in [0.4, 0.5) is 5.69 Å². The van der Waals surface area contributed by atoms with Crippen molar-refractivity contribution in [2.24, 2.45) is 33.3 Å². The van der Waals surface area contributed by atoms with Crippen molar-refractivity contribution in [3.8, 4) is 11.1 Å². The molecule has 0 aliphatic rings. The number of anilines is 1. The van der Waals surface area contributed by atoms with Gasteiger partial charge in [-0.2, -0.15) is 0 Å². The number of carbonyl (C=O) groups is 1. The molecule has 0 spiro atoms. The second kappa shape index (κ2) is 11.0. The summed E-state index contributed by atoms with van der Waals surface area (Å²) in [6.07, 6.45) is 0. The Morgan fingerprint density at radius 2 is 2.00 bits per heavy atom. The van der Waals surface area contributed by atoms with E-state index in [1.54, 1.807) is 24.3 Å². The van der Waals surface area contributed by atoms with Crippen molar-refractivity contribution in [1.82, 2.24) is 5.53 Å². The van der Waals surface area contributed by atoms with Gasteiger partial charge >= 0.3 is 0 Å². The molecule has 0 aliphatic heterocycles. The van der Waals surface area contributed by atoms with Crippen LogP contribution in [0.25, 0.3) is 11.1 Å². The van der Waals surface area contributed by atoms with Crippen LogP contribution in [0, 0.1) is 0 Å². The quantitative estimate of drug-likeness (QED) is 0.0665. The van der Waals surface area contributed by atoms with Crippen LogP contribution in [0.1, 0.15) is 5.56 Å². The molecule has 0 aliphatic carbocycles. The second-order valence-corrected chi connectivity index (χ2v) is 7.85. The topological polar surface area (TPSA) is 207 Å². The van der Waals surface area contributed by atoms with Gasteiger partial charge in [-0.3, -0.25) is 4.79 Å². The molecule has 29 heavy (non-hydrogen) atoms. The third-order valence-corrected chi connectivity index (χ3v) is 5.83. The van der Waals surface area contributed by atoms with Gasteiger partial charge in [-0.15, -0.1) is 22.0 Å². The summed E-state index contributed by atoms with van der Waals surface area (Å²) in [5.41, 5.74) is 21.5. The zero-order chi connectivity index (χ0) is 21.4. The highest BCUT2D eigenvalue weighted by Crippen LogP contribution is 2.36. The van der Waals surface area contributed by atoms with Gasteiger partial charge in [0.15, 0.2) is 10.7 Å². The molecular formula is C17H24N8O2S2. The number of carbonyl (C=O) groups excluding carboxylic acids is 1. The van der Waals surface area contributed by atoms with E-state index in [4.69, 9.17) is 28.2 Å². The zero-order valence-electron chi connectivity index (χ0n) is 15.6. The summed E-state index contributed by atoms with van der Waals surface area (Å²) >= 11 is -0.445. The van der Waals surface area contributed by atoms with E-state index < -0.39 is 11.4 Å². The summed E-state index contributed by atoms with van der Waals surface area (Å²) < 4.78 is 12.4. The summed E-state index contributed by atoms with van der Waals surface area (Å²) in [6.45, 7) is 0.301. The molecule has 1 amide bonds. The molecule has 0 saturated heterocycles. The average molecular weight is 437 g/mol. The fourth-order valence-electron chi connectivity index (χ4n) is 2.64. The lowest BCUT2D eigenvalue weighted by molar-refractivity contribution is -0.114. The number of benzene rings is 2. The van der Waals surface area contributed by atoms with Crippen molar-refractivity contribution in [3.63, 3.8) is 0 Å². The Bertz CT molecular complexity index is 892. The van der Waals surface area contributed by atoms with Crippen molar-refractivity contribution in [3.05, 3.63) is 42.0 Å². The minimum absolute atomic E-state index is 0.0166. The number of amidine groups is 1. The maximum absolute atomic E-state index is 12.4. The molecule has 2 rings (SSSR count). The maximum Gasteiger partial charge on any atom is 0.238 e. The van der Waals surface area contributed by atoms with Gasteiger partial charge < -0.3 is 27.1 Å². The summed E-state index contributed by atoms with van der Waals surface area (Å²) in [5.74, 6) is 5.59. The fourth-order valence-corrected chi connectivity index (χ4v) is 4.48. The molecule has 0 bridgehead atoms. The van der Waals surface area contributed by atoms with E-state index in [0.717, 1.165) is 0 Å². The highest BCUT2D eigenvalue weighted by atomic mass is 32.2. The van der Waals surface area contributed by atoms with Gasteiger partial charge in [0.25, 0.3) is 0 Å². The molecule has 0 saturated carbocycles. The predicted octanol–water partition coefficient (Wildman–Crippen LogP) is -0.633. The number of nitrogens with one attached hydrogen (secondary N) is 2. The van der Waals surface area contributed by atoms with Gasteiger partial charge in [0.05, 0.1) is 28.4 Å². The first kappa shape index (κ1) is 23.0. The Balaban J connectivity index is 2.68. The summed E-state index contributed by atoms with van der Waals surface area (Å²) in [5, 5.41) is 12.3. The number of nitrogens with two attached hydrogens (primary N) is 5. The van der Waals surface area contributed by atoms with E-state index in [0.29, 0.717) is 44.5 Å². The minimum Gasteiger partial charge on any atom is -0.593 e. The number of thioether (sulfide) groups is 1. The molecular weight excluding hydrogens is 412 g/mol. The van der Waals surface area contributed by atoms with E-state index in [-0.39, 0.29) is 18.3 Å². The van der Waals surface area contributed by atoms with Gasteiger partial charge in [-0.1, -0.05) is 18.2 Å². The molecule has 0 aromatic heterocycles. The normalized spacial score (nSPS) is 12.5. The summed E-state index contributed by atoms with van der Waals surface area (Å²) in [4.78, 5) is 12.6. The lowest BCUT2D eigenvalue weighted by atomic mass is 9.98. The zero-order valence-corrected chi connectivity index (χ0v) is 17.2. The molecule has 2 aromatic carbocycles. The smallest absolute Gasteiger partial charge is 0.238 e. The molecule has 0 heterocycles. The lowest BCUT2D eigenvalue weighted by Gasteiger charge is -2.18.